The molecule has 0 N–H and O–H groups in total. The molecule has 0 amide bonds. The second-order valence-corrected chi connectivity index (χ2v) is 4.34. The van der Waals surface area contributed by atoms with Crippen molar-refractivity contribution in [3.05, 3.63) is 82.9 Å². The summed E-state index contributed by atoms with van der Waals surface area (Å²) in [6.45, 7) is 0. The van der Waals surface area contributed by atoms with Gasteiger partial charge in [0.2, 0.25) is 0 Å². The lowest BCUT2D eigenvalue weighted by Gasteiger charge is -2.12. The molecule has 0 fully saturated rings. The van der Waals surface area contributed by atoms with E-state index in [1.165, 1.54) is 22.3 Å². The van der Waals surface area contributed by atoms with E-state index in [0.29, 0.717) is 0 Å². The Bertz CT molecular complexity index is 574. The molecule has 0 radical (unpaired) electrons. The molecule has 0 saturated carbocycles. The van der Waals surface area contributed by atoms with Gasteiger partial charge < -0.3 is 0 Å². The van der Waals surface area contributed by atoms with Gasteiger partial charge in [0.05, 0.1) is 0 Å². The van der Waals surface area contributed by atoms with Crippen molar-refractivity contribution < 1.29 is 0 Å². The van der Waals surface area contributed by atoms with E-state index in [0.717, 1.165) is 6.42 Å². The molecule has 0 saturated heterocycles. The molecule has 0 atom stereocenters. The fraction of sp³-hybridized carbons (Fsp3) is 0.0588. The highest BCUT2D eigenvalue weighted by Gasteiger charge is 2.06. The number of allylic oxidation sites excluding steroid dienone is 2. The van der Waals surface area contributed by atoms with Gasteiger partial charge in [-0.15, -0.1) is 0 Å². The van der Waals surface area contributed by atoms with E-state index in [-0.39, 0.29) is 0 Å². The summed E-state index contributed by atoms with van der Waals surface area (Å²) in [5.74, 6) is 0. The molecular formula is C17H14. The summed E-state index contributed by atoms with van der Waals surface area (Å²) in [6.07, 6.45) is 7.71. The maximum atomic E-state index is 2.26. The SMILES string of the molecule is C1=Cc2ccccc2CC1=Cc1ccccc1. The molecule has 82 valence electrons. The molecule has 0 aliphatic heterocycles. The van der Waals surface area contributed by atoms with E-state index >= 15 is 0 Å². The van der Waals surface area contributed by atoms with Crippen LogP contribution in [-0.2, 0) is 6.42 Å². The van der Waals surface area contributed by atoms with Gasteiger partial charge in [-0.25, -0.2) is 0 Å². The summed E-state index contributed by atoms with van der Waals surface area (Å²) < 4.78 is 0. The predicted molar refractivity (Wildman–Crippen MR) is 73.6 cm³/mol. The first-order valence-electron chi connectivity index (χ1n) is 5.93. The summed E-state index contributed by atoms with van der Waals surface area (Å²) >= 11 is 0. The molecule has 2 aromatic rings. The summed E-state index contributed by atoms with van der Waals surface area (Å²) in [6, 6.07) is 19.1. The van der Waals surface area contributed by atoms with Crippen molar-refractivity contribution in [3.8, 4) is 0 Å². The predicted octanol–water partition coefficient (Wildman–Crippen LogP) is 4.34. The van der Waals surface area contributed by atoms with Crippen molar-refractivity contribution in [1.82, 2.24) is 0 Å². The van der Waals surface area contributed by atoms with E-state index in [2.05, 4.69) is 66.8 Å². The Labute approximate surface area is 102 Å². The van der Waals surface area contributed by atoms with E-state index in [1.54, 1.807) is 0 Å². The Morgan fingerprint density at radius 1 is 0.765 bits per heavy atom. The van der Waals surface area contributed by atoms with Crippen molar-refractivity contribution in [3.63, 3.8) is 0 Å². The molecule has 0 aromatic heterocycles. The summed E-state index contributed by atoms with van der Waals surface area (Å²) in [5.41, 5.74) is 5.40. The van der Waals surface area contributed by atoms with Crippen molar-refractivity contribution in [2.45, 2.75) is 6.42 Å². The van der Waals surface area contributed by atoms with Gasteiger partial charge in [-0.3, -0.25) is 0 Å². The van der Waals surface area contributed by atoms with Crippen LogP contribution in [0.1, 0.15) is 16.7 Å². The smallest absolute Gasteiger partial charge is 0.00196 e. The fourth-order valence-corrected chi connectivity index (χ4v) is 2.20. The largest absolute Gasteiger partial charge is 0.0622 e. The van der Waals surface area contributed by atoms with E-state index in [1.807, 2.05) is 6.07 Å². The van der Waals surface area contributed by atoms with E-state index in [9.17, 15) is 0 Å². The van der Waals surface area contributed by atoms with Gasteiger partial charge in [0.1, 0.15) is 0 Å². The topological polar surface area (TPSA) is 0 Å². The lowest BCUT2D eigenvalue weighted by molar-refractivity contribution is 1.18. The lowest BCUT2D eigenvalue weighted by Crippen LogP contribution is -1.96. The van der Waals surface area contributed by atoms with Gasteiger partial charge in [-0.2, -0.15) is 0 Å². The Balaban J connectivity index is 1.93. The fourth-order valence-electron chi connectivity index (χ4n) is 2.20. The van der Waals surface area contributed by atoms with Crippen molar-refractivity contribution in [1.29, 1.82) is 0 Å². The van der Waals surface area contributed by atoms with Crippen LogP contribution in [0.5, 0.6) is 0 Å². The Kier molecular flexibility index (Phi) is 2.63. The van der Waals surface area contributed by atoms with Crippen LogP contribution in [0.25, 0.3) is 12.2 Å². The first-order valence-corrected chi connectivity index (χ1v) is 5.93. The second-order valence-electron chi connectivity index (χ2n) is 4.34. The first kappa shape index (κ1) is 10.1. The minimum atomic E-state index is 1.03. The molecule has 1 aliphatic rings. The average Bonchev–Trinajstić information content (AvgIpc) is 2.40. The van der Waals surface area contributed by atoms with Gasteiger partial charge in [0.15, 0.2) is 0 Å². The van der Waals surface area contributed by atoms with Crippen molar-refractivity contribution in [2.75, 3.05) is 0 Å². The molecule has 0 heteroatoms. The molecule has 0 spiro atoms. The number of hydrogen-bond acceptors (Lipinski definition) is 0. The molecule has 0 bridgehead atoms. The van der Waals surface area contributed by atoms with Gasteiger partial charge in [0.25, 0.3) is 0 Å². The minimum Gasteiger partial charge on any atom is -0.0622 e. The third kappa shape index (κ3) is 2.21. The third-order valence-electron chi connectivity index (χ3n) is 3.08. The number of fused-ring (bicyclic) bond motifs is 1. The van der Waals surface area contributed by atoms with Crippen LogP contribution in [-0.4, -0.2) is 0 Å². The lowest BCUT2D eigenvalue weighted by atomic mass is 9.93. The average molecular weight is 218 g/mol. The zero-order chi connectivity index (χ0) is 11.5. The molecule has 2 aromatic carbocycles. The van der Waals surface area contributed by atoms with Gasteiger partial charge >= 0.3 is 0 Å². The maximum Gasteiger partial charge on any atom is -0.00196 e. The summed E-state index contributed by atoms with van der Waals surface area (Å²) in [7, 11) is 0. The van der Waals surface area contributed by atoms with Crippen molar-refractivity contribution in [2.24, 2.45) is 0 Å². The number of rotatable bonds is 1. The van der Waals surface area contributed by atoms with Crippen LogP contribution in [0.2, 0.25) is 0 Å². The van der Waals surface area contributed by atoms with Crippen LogP contribution in [0.15, 0.2) is 66.2 Å². The Hall–Kier alpha value is -2.08. The zero-order valence-electron chi connectivity index (χ0n) is 9.64. The molecule has 0 heterocycles. The van der Waals surface area contributed by atoms with Crippen LogP contribution >= 0.6 is 0 Å². The Morgan fingerprint density at radius 2 is 1.53 bits per heavy atom. The molecular weight excluding hydrogens is 204 g/mol. The van der Waals surface area contributed by atoms with Crippen LogP contribution in [0.3, 0.4) is 0 Å². The number of hydrogen-bond donors (Lipinski definition) is 0. The summed E-state index contributed by atoms with van der Waals surface area (Å²) in [5, 5.41) is 0. The normalized spacial score (nSPS) is 15.9. The minimum absolute atomic E-state index is 1.03. The van der Waals surface area contributed by atoms with Crippen LogP contribution in [0.4, 0.5) is 0 Å². The quantitative estimate of drug-likeness (QED) is 0.668. The molecule has 0 nitrogen and oxygen atoms in total. The Morgan fingerprint density at radius 3 is 2.41 bits per heavy atom. The van der Waals surface area contributed by atoms with Gasteiger partial charge in [-0.05, 0) is 28.7 Å². The standard InChI is InChI=1S/C17H14/c1-2-6-14(7-3-1)12-15-10-11-16-8-4-5-9-17(16)13-15/h1-12H,13H2. The molecule has 1 aliphatic carbocycles. The van der Waals surface area contributed by atoms with Crippen LogP contribution in [0, 0.1) is 0 Å². The monoisotopic (exact) mass is 218 g/mol. The highest BCUT2D eigenvalue weighted by molar-refractivity contribution is 5.67. The van der Waals surface area contributed by atoms with E-state index < -0.39 is 0 Å². The van der Waals surface area contributed by atoms with E-state index in [4.69, 9.17) is 0 Å². The number of benzene rings is 2. The van der Waals surface area contributed by atoms with Gasteiger partial charge in [0, 0.05) is 0 Å². The van der Waals surface area contributed by atoms with Crippen molar-refractivity contribution >= 4 is 12.2 Å². The molecule has 17 heavy (non-hydrogen) atoms. The molecule has 0 unspecified atom stereocenters. The third-order valence-corrected chi connectivity index (χ3v) is 3.08. The zero-order valence-corrected chi connectivity index (χ0v) is 9.64. The van der Waals surface area contributed by atoms with Gasteiger partial charge in [-0.1, -0.05) is 72.8 Å². The second kappa shape index (κ2) is 4.42. The highest BCUT2D eigenvalue weighted by Crippen LogP contribution is 2.23. The maximum absolute atomic E-state index is 2.26. The summed E-state index contributed by atoms with van der Waals surface area (Å²) in [4.78, 5) is 0. The molecule has 3 rings (SSSR count). The highest BCUT2D eigenvalue weighted by atomic mass is 14.1. The van der Waals surface area contributed by atoms with Crippen LogP contribution < -0.4 is 0 Å². The first-order chi connectivity index (χ1) is 8.42.